The smallest absolute Gasteiger partial charge is 0.303 e. The van der Waals surface area contributed by atoms with Gasteiger partial charge in [-0.2, -0.15) is 0 Å². The molecule has 2 heterocycles. The van der Waals surface area contributed by atoms with Gasteiger partial charge in [-0.05, 0) is 18.8 Å². The summed E-state index contributed by atoms with van der Waals surface area (Å²) in [5, 5.41) is 19.5. The van der Waals surface area contributed by atoms with Crippen molar-refractivity contribution in [3.8, 4) is 0 Å². The second kappa shape index (κ2) is 5.94. The van der Waals surface area contributed by atoms with Crippen LogP contribution in [-0.4, -0.2) is 44.5 Å². The number of rotatable bonds is 4. The zero-order valence-corrected chi connectivity index (χ0v) is 11.7. The van der Waals surface area contributed by atoms with Crippen molar-refractivity contribution >= 4 is 17.6 Å². The third-order valence-electron chi connectivity index (χ3n) is 3.79. The molecule has 1 aliphatic heterocycles. The number of nitro groups is 1. The zero-order valence-electron chi connectivity index (χ0n) is 11.7. The van der Waals surface area contributed by atoms with Crippen LogP contribution in [0.25, 0.3) is 0 Å². The van der Waals surface area contributed by atoms with Crippen LogP contribution in [0.1, 0.15) is 29.8 Å². The molecule has 8 nitrogen and oxygen atoms in total. The van der Waals surface area contributed by atoms with Crippen molar-refractivity contribution in [1.82, 2.24) is 9.47 Å². The van der Waals surface area contributed by atoms with Crippen molar-refractivity contribution in [3.63, 3.8) is 0 Å². The third-order valence-corrected chi connectivity index (χ3v) is 3.79. The van der Waals surface area contributed by atoms with Crippen LogP contribution in [0.4, 0.5) is 5.69 Å². The highest BCUT2D eigenvalue weighted by atomic mass is 16.6. The topological polar surface area (TPSA) is 106 Å². The standard InChI is InChI=1S/C13H17N3O5/c1-14-8-10(16(20)21)7-11(14)13(19)15-4-2-9(3-5-15)6-12(17)18/h7-9H,2-6H2,1H3,(H,17,18). The van der Waals surface area contributed by atoms with Crippen LogP contribution < -0.4 is 0 Å². The van der Waals surface area contributed by atoms with Gasteiger partial charge in [-0.15, -0.1) is 0 Å². The Kier molecular flexibility index (Phi) is 4.25. The number of aliphatic carboxylic acids is 1. The summed E-state index contributed by atoms with van der Waals surface area (Å²) in [4.78, 5) is 34.8. The lowest BCUT2D eigenvalue weighted by Crippen LogP contribution is -2.39. The van der Waals surface area contributed by atoms with Gasteiger partial charge < -0.3 is 14.6 Å². The van der Waals surface area contributed by atoms with E-state index >= 15 is 0 Å². The Morgan fingerprint density at radius 2 is 2.05 bits per heavy atom. The molecule has 0 saturated carbocycles. The van der Waals surface area contributed by atoms with Crippen LogP contribution in [0.2, 0.25) is 0 Å². The van der Waals surface area contributed by atoms with Gasteiger partial charge in [0.25, 0.3) is 11.6 Å². The molecule has 114 valence electrons. The fraction of sp³-hybridized carbons (Fsp3) is 0.538. The maximum absolute atomic E-state index is 12.4. The summed E-state index contributed by atoms with van der Waals surface area (Å²) >= 11 is 0. The summed E-state index contributed by atoms with van der Waals surface area (Å²) in [7, 11) is 1.59. The van der Waals surface area contributed by atoms with E-state index in [1.165, 1.54) is 16.8 Å². The minimum atomic E-state index is -0.821. The summed E-state index contributed by atoms with van der Waals surface area (Å²) < 4.78 is 1.45. The molecule has 21 heavy (non-hydrogen) atoms. The number of amides is 1. The number of carboxylic acids is 1. The van der Waals surface area contributed by atoms with E-state index in [0.717, 1.165) is 0 Å². The Morgan fingerprint density at radius 3 is 2.52 bits per heavy atom. The van der Waals surface area contributed by atoms with Gasteiger partial charge in [0.2, 0.25) is 0 Å². The van der Waals surface area contributed by atoms with Crippen molar-refractivity contribution in [2.75, 3.05) is 13.1 Å². The van der Waals surface area contributed by atoms with E-state index in [1.54, 1.807) is 11.9 Å². The van der Waals surface area contributed by atoms with E-state index < -0.39 is 10.9 Å². The van der Waals surface area contributed by atoms with Gasteiger partial charge in [0.15, 0.2) is 0 Å². The van der Waals surface area contributed by atoms with E-state index in [1.807, 2.05) is 0 Å². The second-order valence-electron chi connectivity index (χ2n) is 5.28. The number of nitrogens with zero attached hydrogens (tertiary/aromatic N) is 3. The molecule has 1 aromatic rings. The second-order valence-corrected chi connectivity index (χ2v) is 5.28. The molecular weight excluding hydrogens is 278 g/mol. The summed E-state index contributed by atoms with van der Waals surface area (Å²) in [6, 6.07) is 1.27. The quantitative estimate of drug-likeness (QED) is 0.665. The largest absolute Gasteiger partial charge is 0.481 e. The van der Waals surface area contributed by atoms with Crippen molar-refractivity contribution in [2.45, 2.75) is 19.3 Å². The first-order valence-electron chi connectivity index (χ1n) is 6.70. The Hall–Kier alpha value is -2.38. The maximum Gasteiger partial charge on any atom is 0.303 e. The van der Waals surface area contributed by atoms with Crippen LogP contribution in [0, 0.1) is 16.0 Å². The molecule has 1 aromatic heterocycles. The monoisotopic (exact) mass is 295 g/mol. The minimum Gasteiger partial charge on any atom is -0.481 e. The maximum atomic E-state index is 12.4. The Labute approximate surface area is 121 Å². The molecule has 1 saturated heterocycles. The van der Waals surface area contributed by atoms with E-state index in [2.05, 4.69) is 0 Å². The predicted molar refractivity (Wildman–Crippen MR) is 72.9 cm³/mol. The van der Waals surface area contributed by atoms with Gasteiger partial charge in [0, 0.05) is 32.6 Å². The van der Waals surface area contributed by atoms with Crippen LogP contribution in [0.3, 0.4) is 0 Å². The lowest BCUT2D eigenvalue weighted by molar-refractivity contribution is -0.384. The number of likely N-dealkylation sites (tertiary alicyclic amines) is 1. The molecule has 0 atom stereocenters. The Bertz CT molecular complexity index is 572. The van der Waals surface area contributed by atoms with Crippen molar-refractivity contribution in [2.24, 2.45) is 13.0 Å². The SMILES string of the molecule is Cn1cc([N+](=O)[O-])cc1C(=O)N1CCC(CC(=O)O)CC1. The van der Waals surface area contributed by atoms with E-state index in [0.29, 0.717) is 25.9 Å². The Morgan fingerprint density at radius 1 is 1.43 bits per heavy atom. The average molecular weight is 295 g/mol. The minimum absolute atomic E-state index is 0.0919. The van der Waals surface area contributed by atoms with E-state index in [4.69, 9.17) is 5.11 Å². The lowest BCUT2D eigenvalue weighted by Gasteiger charge is -2.31. The van der Waals surface area contributed by atoms with Crippen LogP contribution >= 0.6 is 0 Å². The van der Waals surface area contributed by atoms with E-state index in [9.17, 15) is 19.7 Å². The molecule has 1 aliphatic rings. The van der Waals surface area contributed by atoms with Gasteiger partial charge >= 0.3 is 5.97 Å². The number of hydrogen-bond donors (Lipinski definition) is 1. The van der Waals surface area contributed by atoms with Crippen molar-refractivity contribution < 1.29 is 19.6 Å². The predicted octanol–water partition coefficient (Wildman–Crippen LogP) is 1.26. The fourth-order valence-electron chi connectivity index (χ4n) is 2.61. The molecule has 0 aromatic carbocycles. The van der Waals surface area contributed by atoms with Gasteiger partial charge in [0.05, 0.1) is 11.1 Å². The van der Waals surface area contributed by atoms with Crippen LogP contribution in [0.15, 0.2) is 12.3 Å². The summed E-state index contributed by atoms with van der Waals surface area (Å²) in [6.07, 6.45) is 2.72. The first-order chi connectivity index (χ1) is 9.88. The molecule has 1 amide bonds. The molecule has 0 unspecified atom stereocenters. The highest BCUT2D eigenvalue weighted by molar-refractivity contribution is 5.93. The summed E-state index contributed by atoms with van der Waals surface area (Å²) in [5.74, 6) is -0.980. The van der Waals surface area contributed by atoms with Crippen LogP contribution in [0.5, 0.6) is 0 Å². The Balaban J connectivity index is 2.02. The molecule has 2 rings (SSSR count). The zero-order chi connectivity index (χ0) is 15.6. The molecular formula is C13H17N3O5. The van der Waals surface area contributed by atoms with Gasteiger partial charge in [-0.3, -0.25) is 19.7 Å². The number of carboxylic acid groups (broad SMARTS) is 1. The number of aryl methyl sites for hydroxylation is 1. The molecule has 1 fully saturated rings. The van der Waals surface area contributed by atoms with Crippen LogP contribution in [-0.2, 0) is 11.8 Å². The molecule has 0 bridgehead atoms. The van der Waals surface area contributed by atoms with Gasteiger partial charge in [0.1, 0.15) is 5.69 Å². The number of piperidine rings is 1. The average Bonchev–Trinajstić information content (AvgIpc) is 2.80. The first kappa shape index (κ1) is 15.0. The van der Waals surface area contributed by atoms with Crippen molar-refractivity contribution in [1.29, 1.82) is 0 Å². The van der Waals surface area contributed by atoms with E-state index in [-0.39, 0.29) is 29.6 Å². The number of carbonyl (C=O) groups is 2. The normalized spacial score (nSPS) is 16.0. The highest BCUT2D eigenvalue weighted by Crippen LogP contribution is 2.23. The molecule has 1 N–H and O–H groups in total. The first-order valence-corrected chi connectivity index (χ1v) is 6.70. The molecule has 0 aliphatic carbocycles. The number of aromatic nitrogens is 1. The highest BCUT2D eigenvalue weighted by Gasteiger charge is 2.27. The summed E-state index contributed by atoms with van der Waals surface area (Å²) in [6.45, 7) is 0.964. The fourth-order valence-corrected chi connectivity index (χ4v) is 2.61. The lowest BCUT2D eigenvalue weighted by atomic mass is 9.93. The number of hydrogen-bond acceptors (Lipinski definition) is 4. The van der Waals surface area contributed by atoms with Crippen molar-refractivity contribution in [3.05, 3.63) is 28.1 Å². The molecule has 8 heteroatoms. The molecule has 0 spiro atoms. The number of carbonyl (C=O) groups excluding carboxylic acids is 1. The van der Waals surface area contributed by atoms with Gasteiger partial charge in [-0.1, -0.05) is 0 Å². The van der Waals surface area contributed by atoms with Gasteiger partial charge in [-0.25, -0.2) is 0 Å². The molecule has 0 radical (unpaired) electrons. The summed E-state index contributed by atoms with van der Waals surface area (Å²) in [5.41, 5.74) is 0.167. The third kappa shape index (κ3) is 3.39.